The van der Waals surface area contributed by atoms with E-state index in [1.807, 2.05) is 37.3 Å². The molecule has 0 radical (unpaired) electrons. The van der Waals surface area contributed by atoms with Crippen LogP contribution in [0.5, 0.6) is 0 Å². The molecule has 48 heavy (non-hydrogen) atoms. The summed E-state index contributed by atoms with van der Waals surface area (Å²) in [6.45, 7) is 7.54. The van der Waals surface area contributed by atoms with E-state index in [1.165, 1.54) is 4.90 Å². The van der Waals surface area contributed by atoms with Gasteiger partial charge in [-0.3, -0.25) is 14.4 Å². The summed E-state index contributed by atoms with van der Waals surface area (Å²) >= 11 is 0. The maximum absolute atomic E-state index is 14.1. The van der Waals surface area contributed by atoms with Gasteiger partial charge in [-0.25, -0.2) is 14.4 Å². The number of nitrogens with two attached hydrogens (primary N) is 1. The molecule has 4 rings (SSSR count). The molecule has 13 nitrogen and oxygen atoms in total. The lowest BCUT2D eigenvalue weighted by Gasteiger charge is -2.36. The van der Waals surface area contributed by atoms with Gasteiger partial charge in [0.1, 0.15) is 30.8 Å². The van der Waals surface area contributed by atoms with Crippen molar-refractivity contribution in [1.29, 1.82) is 0 Å². The van der Waals surface area contributed by atoms with E-state index in [9.17, 15) is 28.8 Å². The molecule has 1 aliphatic heterocycles. The molecule has 1 aromatic carbocycles. The number of ketones is 1. The second kappa shape index (κ2) is 16.4. The number of Topliss-reactive ketones (excluding diaryl/α,β-unsaturated/α-hetero) is 1. The first-order valence-electron chi connectivity index (χ1n) is 17.1. The number of primary amides is 1. The summed E-state index contributed by atoms with van der Waals surface area (Å²) in [5.41, 5.74) is 7.70. The number of carbonyl (C=O) groups excluding carboxylic acids is 6. The number of hydrogen-bond donors (Lipinski definition) is 4. The van der Waals surface area contributed by atoms with Crippen molar-refractivity contribution in [2.45, 2.75) is 116 Å². The van der Waals surface area contributed by atoms with Crippen molar-refractivity contribution in [3.8, 4) is 0 Å². The Balaban J connectivity index is 1.43. The predicted molar refractivity (Wildman–Crippen MR) is 175 cm³/mol. The Morgan fingerprint density at radius 3 is 2.21 bits per heavy atom. The molecule has 3 fully saturated rings. The van der Waals surface area contributed by atoms with Crippen molar-refractivity contribution in [3.63, 3.8) is 0 Å². The lowest BCUT2D eigenvalue weighted by atomic mass is 9.83. The average molecular weight is 670 g/mol. The molecule has 2 aliphatic carbocycles. The van der Waals surface area contributed by atoms with Crippen molar-refractivity contribution in [1.82, 2.24) is 21.0 Å². The molecule has 4 unspecified atom stereocenters. The third kappa shape index (κ3) is 10.0. The standard InChI is InChI=1S/C35H51N5O8/c1-21-17-18-40(27(21)33(45)48-39-25(19-22-15-16-22)28(41)30(36)42)31(43)29(35(2,3)4)38-34(46)37-26(24-13-9-6-10-14-24)32(44)47-20-23-11-7-5-8-12-23/h5,7-8,11-12,21-22,24-27,29,39H,6,9-10,13-20H2,1-4H3,(H2,36,42)(H2,37,38,46)/t21-,25?,26?,27?,29?/m0/s1. The van der Waals surface area contributed by atoms with Crippen LogP contribution in [0.2, 0.25) is 0 Å². The molecule has 0 spiro atoms. The number of hydrogen-bond acceptors (Lipinski definition) is 9. The van der Waals surface area contributed by atoms with Gasteiger partial charge in [0.15, 0.2) is 0 Å². The molecule has 5 atom stereocenters. The molecule has 2 saturated carbocycles. The molecular weight excluding hydrogens is 618 g/mol. The normalized spacial score (nSPS) is 21.8. The molecule has 264 valence electrons. The average Bonchev–Trinajstić information content (AvgIpc) is 3.80. The largest absolute Gasteiger partial charge is 0.459 e. The molecular formula is C35H51N5O8. The fraction of sp³-hybridized carbons (Fsp3) is 0.657. The van der Waals surface area contributed by atoms with Crippen molar-refractivity contribution >= 4 is 35.6 Å². The molecule has 1 heterocycles. The van der Waals surface area contributed by atoms with Crippen LogP contribution in [0, 0.1) is 23.2 Å². The van der Waals surface area contributed by atoms with Crippen LogP contribution < -0.4 is 21.8 Å². The maximum atomic E-state index is 14.1. The number of urea groups is 1. The minimum atomic E-state index is -1.12. The van der Waals surface area contributed by atoms with Crippen LogP contribution in [-0.2, 0) is 40.2 Å². The van der Waals surface area contributed by atoms with Gasteiger partial charge in [0, 0.05) is 6.54 Å². The zero-order chi connectivity index (χ0) is 35.0. The molecule has 1 saturated heterocycles. The summed E-state index contributed by atoms with van der Waals surface area (Å²) in [6, 6.07) is 4.61. The zero-order valence-electron chi connectivity index (χ0n) is 28.5. The highest BCUT2D eigenvalue weighted by Crippen LogP contribution is 2.34. The number of esters is 1. The van der Waals surface area contributed by atoms with E-state index in [4.69, 9.17) is 15.3 Å². The topological polar surface area (TPSA) is 186 Å². The highest BCUT2D eigenvalue weighted by Gasteiger charge is 2.46. The summed E-state index contributed by atoms with van der Waals surface area (Å²) in [7, 11) is 0. The minimum Gasteiger partial charge on any atom is -0.459 e. The number of benzene rings is 1. The van der Waals surface area contributed by atoms with Gasteiger partial charge >= 0.3 is 18.0 Å². The fourth-order valence-electron chi connectivity index (χ4n) is 6.59. The Morgan fingerprint density at radius 1 is 0.938 bits per heavy atom. The number of hydroxylamine groups is 1. The fourth-order valence-corrected chi connectivity index (χ4v) is 6.59. The highest BCUT2D eigenvalue weighted by molar-refractivity contribution is 6.37. The number of nitrogens with one attached hydrogen (secondary N) is 3. The van der Waals surface area contributed by atoms with Crippen LogP contribution in [0.1, 0.15) is 91.0 Å². The Bertz CT molecular complexity index is 1320. The third-order valence-electron chi connectivity index (χ3n) is 9.63. The SMILES string of the molecule is C[C@H]1CCN(C(=O)C(NC(=O)NC(C(=O)OCc2ccccc2)C2CCCCC2)C(C)(C)C)C1C(=O)ONC(CC1CC1)C(=O)C(N)=O. The Kier molecular flexibility index (Phi) is 12.6. The van der Waals surface area contributed by atoms with E-state index in [0.717, 1.165) is 50.5 Å². The van der Waals surface area contributed by atoms with Crippen LogP contribution in [0.15, 0.2) is 30.3 Å². The Labute approximate surface area is 282 Å². The number of carbonyl (C=O) groups is 6. The summed E-state index contributed by atoms with van der Waals surface area (Å²) in [5, 5.41) is 5.62. The lowest BCUT2D eigenvalue weighted by Crippen LogP contribution is -2.61. The molecule has 4 amide bonds. The van der Waals surface area contributed by atoms with E-state index in [-0.39, 0.29) is 30.9 Å². The summed E-state index contributed by atoms with van der Waals surface area (Å²) in [5.74, 6) is -3.92. The third-order valence-corrected chi connectivity index (χ3v) is 9.63. The van der Waals surface area contributed by atoms with E-state index in [0.29, 0.717) is 12.8 Å². The van der Waals surface area contributed by atoms with Crippen LogP contribution in [-0.4, -0.2) is 71.2 Å². The van der Waals surface area contributed by atoms with Crippen LogP contribution in [0.3, 0.4) is 0 Å². The molecule has 3 aliphatic rings. The van der Waals surface area contributed by atoms with Crippen LogP contribution >= 0.6 is 0 Å². The number of ether oxygens (including phenoxy) is 1. The van der Waals surface area contributed by atoms with Crippen molar-refractivity contribution in [2.24, 2.45) is 28.9 Å². The second-order valence-electron chi connectivity index (χ2n) is 14.6. The molecule has 1 aromatic rings. The van der Waals surface area contributed by atoms with Gasteiger partial charge < -0.3 is 30.8 Å². The first-order chi connectivity index (χ1) is 22.8. The van der Waals surface area contributed by atoms with E-state index >= 15 is 0 Å². The van der Waals surface area contributed by atoms with Gasteiger partial charge in [-0.05, 0) is 54.4 Å². The number of nitrogens with zero attached hydrogens (tertiary/aromatic N) is 1. The second-order valence-corrected chi connectivity index (χ2v) is 14.6. The smallest absolute Gasteiger partial charge is 0.347 e. The lowest BCUT2D eigenvalue weighted by molar-refractivity contribution is -0.165. The van der Waals surface area contributed by atoms with E-state index in [2.05, 4.69) is 16.1 Å². The summed E-state index contributed by atoms with van der Waals surface area (Å²) in [6.07, 6.45) is 7.11. The molecule has 13 heteroatoms. The summed E-state index contributed by atoms with van der Waals surface area (Å²) < 4.78 is 5.63. The van der Waals surface area contributed by atoms with Crippen molar-refractivity contribution < 1.29 is 38.3 Å². The van der Waals surface area contributed by atoms with Crippen LogP contribution in [0.25, 0.3) is 0 Å². The quantitative estimate of drug-likeness (QED) is 0.131. The van der Waals surface area contributed by atoms with E-state index < -0.39 is 65.1 Å². The van der Waals surface area contributed by atoms with Gasteiger partial charge in [0.05, 0.1) is 0 Å². The number of likely N-dealkylation sites (tertiary alicyclic amines) is 1. The molecule has 0 aromatic heterocycles. The minimum absolute atomic E-state index is 0.0762. The Morgan fingerprint density at radius 2 is 1.60 bits per heavy atom. The predicted octanol–water partition coefficient (Wildman–Crippen LogP) is 2.90. The highest BCUT2D eigenvalue weighted by atomic mass is 16.7. The summed E-state index contributed by atoms with van der Waals surface area (Å²) in [4.78, 5) is 85.0. The van der Waals surface area contributed by atoms with Gasteiger partial charge in [-0.1, -0.05) is 90.1 Å². The first kappa shape index (κ1) is 36.8. The van der Waals surface area contributed by atoms with Gasteiger partial charge in [-0.2, -0.15) is 0 Å². The maximum Gasteiger partial charge on any atom is 0.347 e. The van der Waals surface area contributed by atoms with Crippen molar-refractivity contribution in [2.75, 3.05) is 6.54 Å². The van der Waals surface area contributed by atoms with Crippen LogP contribution in [0.4, 0.5) is 4.79 Å². The molecule has 5 N–H and O–H groups in total. The molecule has 0 bridgehead atoms. The first-order valence-corrected chi connectivity index (χ1v) is 17.1. The zero-order valence-corrected chi connectivity index (χ0v) is 28.5. The van der Waals surface area contributed by atoms with Gasteiger partial charge in [0.2, 0.25) is 11.7 Å². The van der Waals surface area contributed by atoms with Crippen molar-refractivity contribution in [3.05, 3.63) is 35.9 Å². The Hall–Kier alpha value is -4.00. The number of amides is 4. The number of rotatable bonds is 14. The van der Waals surface area contributed by atoms with E-state index in [1.54, 1.807) is 20.8 Å². The monoisotopic (exact) mass is 669 g/mol. The van der Waals surface area contributed by atoms with Gasteiger partial charge in [0.25, 0.3) is 5.91 Å². The van der Waals surface area contributed by atoms with Gasteiger partial charge in [-0.15, -0.1) is 5.48 Å².